The van der Waals surface area contributed by atoms with Crippen molar-refractivity contribution in [3.63, 3.8) is 0 Å². The Labute approximate surface area is 60.8 Å². The topological polar surface area (TPSA) is 69.4 Å². The van der Waals surface area contributed by atoms with Crippen molar-refractivity contribution < 1.29 is 12.6 Å². The molecule has 0 rings (SSSR count). The molecule has 0 aromatic carbocycles. The van der Waals surface area contributed by atoms with Crippen molar-refractivity contribution in [1.82, 2.24) is 0 Å². The maximum Gasteiger partial charge on any atom is 0.310 e. The molecular formula is C5H11NO3S. The van der Waals surface area contributed by atoms with E-state index < -0.39 is 10.1 Å². The molecule has 0 unspecified atom stereocenters. The molecule has 0 aromatic rings. The van der Waals surface area contributed by atoms with Crippen LogP contribution < -0.4 is 5.73 Å². The zero-order chi connectivity index (χ0) is 8.20. The quantitative estimate of drug-likeness (QED) is 0.463. The van der Waals surface area contributed by atoms with E-state index in [1.54, 1.807) is 0 Å². The van der Waals surface area contributed by atoms with Crippen molar-refractivity contribution >= 4 is 10.1 Å². The van der Waals surface area contributed by atoms with E-state index in [1.165, 1.54) is 6.92 Å². The summed E-state index contributed by atoms with van der Waals surface area (Å²) in [6, 6.07) is 0. The highest BCUT2D eigenvalue weighted by Crippen LogP contribution is 1.99. The fourth-order valence-corrected chi connectivity index (χ4v) is 1.21. The van der Waals surface area contributed by atoms with Crippen LogP contribution in [0.2, 0.25) is 0 Å². The first-order valence-electron chi connectivity index (χ1n) is 2.75. The molecule has 10 heavy (non-hydrogen) atoms. The van der Waals surface area contributed by atoms with Gasteiger partial charge in [-0.1, -0.05) is 6.58 Å². The Hall–Kier alpha value is -0.550. The third kappa shape index (κ3) is 4.34. The lowest BCUT2D eigenvalue weighted by Crippen LogP contribution is -2.17. The second kappa shape index (κ2) is 3.58. The third-order valence-corrected chi connectivity index (χ3v) is 1.91. The van der Waals surface area contributed by atoms with E-state index in [0.29, 0.717) is 0 Å². The summed E-state index contributed by atoms with van der Waals surface area (Å²) in [6.45, 7) is 4.81. The molecule has 0 atom stereocenters. The zero-order valence-electron chi connectivity index (χ0n) is 5.83. The van der Waals surface area contributed by atoms with E-state index in [-0.39, 0.29) is 18.1 Å². The average molecular weight is 165 g/mol. The van der Waals surface area contributed by atoms with Gasteiger partial charge in [0.2, 0.25) is 0 Å². The van der Waals surface area contributed by atoms with Crippen LogP contribution in [0.5, 0.6) is 0 Å². The van der Waals surface area contributed by atoms with Crippen LogP contribution in [0.3, 0.4) is 0 Å². The van der Waals surface area contributed by atoms with Crippen LogP contribution in [0.1, 0.15) is 6.92 Å². The van der Waals surface area contributed by atoms with Crippen molar-refractivity contribution in [2.24, 2.45) is 5.73 Å². The zero-order valence-corrected chi connectivity index (χ0v) is 6.65. The monoisotopic (exact) mass is 165 g/mol. The van der Waals surface area contributed by atoms with Gasteiger partial charge in [-0.3, -0.25) is 0 Å². The van der Waals surface area contributed by atoms with Gasteiger partial charge in [-0.05, 0) is 6.92 Å². The van der Waals surface area contributed by atoms with E-state index >= 15 is 0 Å². The van der Waals surface area contributed by atoms with Crippen molar-refractivity contribution in [2.45, 2.75) is 6.92 Å². The molecule has 0 aliphatic heterocycles. The van der Waals surface area contributed by atoms with Crippen LogP contribution in [0.15, 0.2) is 12.3 Å². The van der Waals surface area contributed by atoms with Gasteiger partial charge in [0.15, 0.2) is 0 Å². The largest absolute Gasteiger partial charge is 0.388 e. The third-order valence-electron chi connectivity index (χ3n) is 0.637. The Kier molecular flexibility index (Phi) is 3.38. The first-order chi connectivity index (χ1) is 4.48. The minimum Gasteiger partial charge on any atom is -0.388 e. The van der Waals surface area contributed by atoms with Gasteiger partial charge in [0.1, 0.15) is 5.76 Å². The predicted octanol–water partition coefficient (Wildman–Crippen LogP) is -0.175. The van der Waals surface area contributed by atoms with E-state index in [0.717, 1.165) is 0 Å². The summed E-state index contributed by atoms with van der Waals surface area (Å²) in [5.74, 6) is -0.00620. The lowest BCUT2D eigenvalue weighted by Gasteiger charge is -2.02. The molecule has 0 aliphatic rings. The number of allylic oxidation sites excluding steroid dienone is 1. The molecule has 5 heteroatoms. The molecule has 0 saturated heterocycles. The normalized spacial score (nSPS) is 11.0. The summed E-state index contributed by atoms with van der Waals surface area (Å²) in [6.07, 6.45) is 0. The first-order valence-corrected chi connectivity index (χ1v) is 4.33. The minimum atomic E-state index is -3.46. The molecule has 0 radical (unpaired) electrons. The van der Waals surface area contributed by atoms with Crippen LogP contribution in [-0.2, 0) is 14.3 Å². The second-order valence-electron chi connectivity index (χ2n) is 1.84. The maximum absolute atomic E-state index is 10.7. The number of nitrogens with two attached hydrogens (primary N) is 1. The van der Waals surface area contributed by atoms with Crippen molar-refractivity contribution in [3.05, 3.63) is 12.3 Å². The Bertz CT molecular complexity index is 207. The smallest absolute Gasteiger partial charge is 0.310 e. The van der Waals surface area contributed by atoms with Gasteiger partial charge < -0.3 is 9.92 Å². The summed E-state index contributed by atoms with van der Waals surface area (Å²) in [5, 5.41) is 0. The molecule has 2 N–H and O–H groups in total. The highest BCUT2D eigenvalue weighted by atomic mass is 32.2. The van der Waals surface area contributed by atoms with Crippen molar-refractivity contribution in [2.75, 3.05) is 12.3 Å². The van der Waals surface area contributed by atoms with Gasteiger partial charge in [-0.2, -0.15) is 8.42 Å². The fourth-order valence-electron chi connectivity index (χ4n) is 0.403. The summed E-state index contributed by atoms with van der Waals surface area (Å²) in [4.78, 5) is 0. The summed E-state index contributed by atoms with van der Waals surface area (Å²) in [7, 11) is -3.46. The molecule has 0 spiro atoms. The van der Waals surface area contributed by atoms with Crippen LogP contribution in [0, 0.1) is 0 Å². The van der Waals surface area contributed by atoms with Crippen LogP contribution in [0.4, 0.5) is 0 Å². The molecule has 0 aromatic heterocycles. The van der Waals surface area contributed by atoms with Gasteiger partial charge in [0, 0.05) is 6.54 Å². The second-order valence-corrected chi connectivity index (χ2v) is 3.53. The minimum absolute atomic E-state index is 0.0651. The first kappa shape index (κ1) is 9.45. The van der Waals surface area contributed by atoms with Crippen LogP contribution >= 0.6 is 0 Å². The molecule has 0 bridgehead atoms. The van der Waals surface area contributed by atoms with Gasteiger partial charge >= 0.3 is 10.1 Å². The van der Waals surface area contributed by atoms with Crippen LogP contribution in [0.25, 0.3) is 0 Å². The summed E-state index contributed by atoms with van der Waals surface area (Å²) < 4.78 is 25.7. The van der Waals surface area contributed by atoms with E-state index in [4.69, 9.17) is 5.73 Å². The van der Waals surface area contributed by atoms with Gasteiger partial charge in [-0.15, -0.1) is 0 Å². The van der Waals surface area contributed by atoms with Crippen LogP contribution in [-0.4, -0.2) is 20.7 Å². The SMILES string of the molecule is C=C(C)OS(=O)(=O)CCN. The van der Waals surface area contributed by atoms with Gasteiger partial charge in [0.05, 0.1) is 5.75 Å². The van der Waals surface area contributed by atoms with E-state index in [1.807, 2.05) is 0 Å². The van der Waals surface area contributed by atoms with Crippen molar-refractivity contribution in [3.8, 4) is 0 Å². The Morgan fingerprint density at radius 2 is 2.20 bits per heavy atom. The summed E-state index contributed by atoms with van der Waals surface area (Å²) in [5.41, 5.74) is 5.00. The average Bonchev–Trinajstić information content (AvgIpc) is 1.59. The van der Waals surface area contributed by atoms with Crippen molar-refractivity contribution in [1.29, 1.82) is 0 Å². The predicted molar refractivity (Wildman–Crippen MR) is 38.7 cm³/mol. The molecular weight excluding hydrogens is 154 g/mol. The Morgan fingerprint density at radius 3 is 2.50 bits per heavy atom. The molecule has 4 nitrogen and oxygen atoms in total. The van der Waals surface area contributed by atoms with Gasteiger partial charge in [0.25, 0.3) is 0 Å². The number of rotatable bonds is 4. The van der Waals surface area contributed by atoms with E-state index in [9.17, 15) is 8.42 Å². The lowest BCUT2D eigenvalue weighted by atomic mass is 10.7. The molecule has 60 valence electrons. The molecule has 0 aliphatic carbocycles. The standard InChI is InChI=1S/C5H11NO3S/c1-5(2)9-10(7,8)4-3-6/h1,3-4,6H2,2H3. The summed E-state index contributed by atoms with van der Waals surface area (Å²) >= 11 is 0. The molecule has 0 saturated carbocycles. The Balaban J connectivity index is 4.02. The fraction of sp³-hybridized carbons (Fsp3) is 0.600. The number of hydrogen-bond donors (Lipinski definition) is 1. The highest BCUT2D eigenvalue weighted by Gasteiger charge is 2.08. The highest BCUT2D eigenvalue weighted by molar-refractivity contribution is 7.86. The van der Waals surface area contributed by atoms with E-state index in [2.05, 4.69) is 10.8 Å². The lowest BCUT2D eigenvalue weighted by molar-refractivity contribution is 0.410. The molecule has 0 amide bonds. The maximum atomic E-state index is 10.7. The number of hydrogen-bond acceptors (Lipinski definition) is 4. The Morgan fingerprint density at radius 1 is 1.70 bits per heavy atom. The van der Waals surface area contributed by atoms with Gasteiger partial charge in [-0.25, -0.2) is 0 Å². The molecule has 0 heterocycles. The molecule has 0 fully saturated rings.